The second-order valence-electron chi connectivity index (χ2n) is 5.45. The Bertz CT molecular complexity index is 633. The van der Waals surface area contributed by atoms with Crippen LogP contribution in [0.3, 0.4) is 0 Å². The standard InChI is InChI=1S/C14H16FN3O4/c1-8(2)17-7-9(5-13(17)19)14(20)16-10-3-4-11(15)12(6-10)18(21)22/h3-4,6,8-9H,5,7H2,1-2H3,(H,16,20)/t9-/m1/s1. The number of nitro groups is 1. The number of likely N-dealkylation sites (tertiary alicyclic amines) is 1. The zero-order chi connectivity index (χ0) is 16.4. The Labute approximate surface area is 126 Å². The first-order valence-corrected chi connectivity index (χ1v) is 6.84. The van der Waals surface area contributed by atoms with Crippen LogP contribution in [0.25, 0.3) is 0 Å². The predicted molar refractivity (Wildman–Crippen MR) is 76.6 cm³/mol. The second kappa shape index (κ2) is 6.08. The summed E-state index contributed by atoms with van der Waals surface area (Å²) in [5, 5.41) is 13.2. The highest BCUT2D eigenvalue weighted by Gasteiger charge is 2.35. The molecule has 0 aromatic heterocycles. The summed E-state index contributed by atoms with van der Waals surface area (Å²) in [6, 6.07) is 3.15. The molecular formula is C14H16FN3O4. The highest BCUT2D eigenvalue weighted by molar-refractivity contribution is 5.97. The predicted octanol–water partition coefficient (Wildman–Crippen LogP) is 1.93. The number of halogens is 1. The van der Waals surface area contributed by atoms with Crippen LogP contribution >= 0.6 is 0 Å². The van der Waals surface area contributed by atoms with Crippen LogP contribution < -0.4 is 5.32 Å². The van der Waals surface area contributed by atoms with Crippen LogP contribution in [0.4, 0.5) is 15.8 Å². The van der Waals surface area contributed by atoms with Gasteiger partial charge >= 0.3 is 5.69 Å². The van der Waals surface area contributed by atoms with Gasteiger partial charge in [-0.15, -0.1) is 0 Å². The molecule has 7 nitrogen and oxygen atoms in total. The molecule has 1 heterocycles. The van der Waals surface area contributed by atoms with Gasteiger partial charge in [0.1, 0.15) is 0 Å². The highest BCUT2D eigenvalue weighted by atomic mass is 19.1. The van der Waals surface area contributed by atoms with E-state index in [2.05, 4.69) is 5.32 Å². The van der Waals surface area contributed by atoms with Crippen molar-refractivity contribution in [2.45, 2.75) is 26.3 Å². The Hall–Kier alpha value is -2.51. The van der Waals surface area contributed by atoms with Crippen molar-refractivity contribution in [1.82, 2.24) is 4.90 Å². The quantitative estimate of drug-likeness (QED) is 0.679. The van der Waals surface area contributed by atoms with Crippen LogP contribution in [0.5, 0.6) is 0 Å². The highest BCUT2D eigenvalue weighted by Crippen LogP contribution is 2.24. The van der Waals surface area contributed by atoms with Crippen LogP contribution in [0.2, 0.25) is 0 Å². The molecule has 1 N–H and O–H groups in total. The summed E-state index contributed by atoms with van der Waals surface area (Å²) in [6.07, 6.45) is 0.104. The normalized spacial score (nSPS) is 17.9. The molecule has 0 radical (unpaired) electrons. The number of rotatable bonds is 4. The van der Waals surface area contributed by atoms with E-state index in [1.165, 1.54) is 6.07 Å². The Kier molecular flexibility index (Phi) is 4.39. The minimum atomic E-state index is -0.968. The number of anilines is 1. The topological polar surface area (TPSA) is 92.6 Å². The maximum absolute atomic E-state index is 13.2. The number of carbonyl (C=O) groups excluding carboxylic acids is 2. The fourth-order valence-corrected chi connectivity index (χ4v) is 2.38. The van der Waals surface area contributed by atoms with Crippen molar-refractivity contribution in [2.24, 2.45) is 5.92 Å². The molecule has 0 unspecified atom stereocenters. The largest absolute Gasteiger partial charge is 0.339 e. The van der Waals surface area contributed by atoms with Crippen molar-refractivity contribution < 1.29 is 18.9 Å². The van der Waals surface area contributed by atoms with Crippen molar-refractivity contribution in [1.29, 1.82) is 0 Å². The Balaban J connectivity index is 2.09. The van der Waals surface area contributed by atoms with Gasteiger partial charge in [-0.1, -0.05) is 0 Å². The van der Waals surface area contributed by atoms with Crippen LogP contribution in [0.1, 0.15) is 20.3 Å². The van der Waals surface area contributed by atoms with Crippen LogP contribution in [-0.2, 0) is 9.59 Å². The van der Waals surface area contributed by atoms with E-state index in [0.717, 1.165) is 12.1 Å². The summed E-state index contributed by atoms with van der Waals surface area (Å²) in [6.45, 7) is 4.04. The Morgan fingerprint density at radius 2 is 2.18 bits per heavy atom. The number of hydrogen-bond donors (Lipinski definition) is 1. The zero-order valence-corrected chi connectivity index (χ0v) is 12.2. The molecule has 2 rings (SSSR count). The first-order valence-electron chi connectivity index (χ1n) is 6.84. The van der Waals surface area contributed by atoms with Crippen molar-refractivity contribution >= 4 is 23.2 Å². The minimum Gasteiger partial charge on any atom is -0.339 e. The third-order valence-corrected chi connectivity index (χ3v) is 3.56. The van der Waals surface area contributed by atoms with Crippen molar-refractivity contribution in [3.05, 3.63) is 34.1 Å². The van der Waals surface area contributed by atoms with E-state index >= 15 is 0 Å². The molecule has 1 aromatic carbocycles. The van der Waals surface area contributed by atoms with E-state index < -0.39 is 28.3 Å². The molecule has 0 saturated carbocycles. The average Bonchev–Trinajstić information content (AvgIpc) is 2.83. The molecule has 0 bridgehead atoms. The van der Waals surface area contributed by atoms with Gasteiger partial charge in [0.25, 0.3) is 0 Å². The fourth-order valence-electron chi connectivity index (χ4n) is 2.38. The number of nitrogens with one attached hydrogen (secondary N) is 1. The molecule has 1 atom stereocenters. The molecule has 1 fully saturated rings. The molecule has 1 aliphatic heterocycles. The maximum Gasteiger partial charge on any atom is 0.306 e. The van der Waals surface area contributed by atoms with Gasteiger partial charge in [-0.2, -0.15) is 4.39 Å². The summed E-state index contributed by atoms with van der Waals surface area (Å²) in [4.78, 5) is 35.3. The van der Waals surface area contributed by atoms with Gasteiger partial charge in [0.05, 0.1) is 10.8 Å². The third kappa shape index (κ3) is 3.21. The summed E-state index contributed by atoms with van der Waals surface area (Å²) >= 11 is 0. The van der Waals surface area contributed by atoms with Gasteiger partial charge in [0.15, 0.2) is 0 Å². The Morgan fingerprint density at radius 3 is 2.73 bits per heavy atom. The van der Waals surface area contributed by atoms with Gasteiger partial charge in [-0.3, -0.25) is 19.7 Å². The smallest absolute Gasteiger partial charge is 0.306 e. The number of nitrogens with zero attached hydrogens (tertiary/aromatic N) is 2. The number of benzene rings is 1. The monoisotopic (exact) mass is 309 g/mol. The van der Waals surface area contributed by atoms with E-state index in [1.807, 2.05) is 13.8 Å². The maximum atomic E-state index is 13.2. The lowest BCUT2D eigenvalue weighted by molar-refractivity contribution is -0.387. The number of amides is 2. The van der Waals surface area contributed by atoms with Crippen LogP contribution in [0.15, 0.2) is 18.2 Å². The first kappa shape index (κ1) is 15.9. The van der Waals surface area contributed by atoms with Gasteiger partial charge in [-0.05, 0) is 26.0 Å². The van der Waals surface area contributed by atoms with Gasteiger partial charge in [0, 0.05) is 30.8 Å². The molecule has 2 amide bonds. The van der Waals surface area contributed by atoms with Gasteiger partial charge in [0.2, 0.25) is 17.6 Å². The summed E-state index contributed by atoms with van der Waals surface area (Å²) in [5.74, 6) is -1.98. The molecule has 8 heteroatoms. The van der Waals surface area contributed by atoms with E-state index in [-0.39, 0.29) is 24.1 Å². The molecule has 1 aliphatic rings. The summed E-state index contributed by atoms with van der Waals surface area (Å²) in [7, 11) is 0. The molecule has 0 aliphatic carbocycles. The number of nitro benzene ring substituents is 1. The lowest BCUT2D eigenvalue weighted by Gasteiger charge is -2.20. The minimum absolute atomic E-state index is 0.0113. The van der Waals surface area contributed by atoms with Gasteiger partial charge < -0.3 is 10.2 Å². The number of carbonyl (C=O) groups is 2. The molecule has 22 heavy (non-hydrogen) atoms. The van der Waals surface area contributed by atoms with E-state index in [4.69, 9.17) is 0 Å². The van der Waals surface area contributed by atoms with E-state index in [0.29, 0.717) is 6.54 Å². The van der Waals surface area contributed by atoms with Crippen LogP contribution in [0, 0.1) is 21.8 Å². The summed E-state index contributed by atoms with van der Waals surface area (Å²) in [5.41, 5.74) is -0.572. The zero-order valence-electron chi connectivity index (χ0n) is 12.2. The molecule has 0 spiro atoms. The van der Waals surface area contributed by atoms with Crippen molar-refractivity contribution in [3.8, 4) is 0 Å². The van der Waals surface area contributed by atoms with Gasteiger partial charge in [-0.25, -0.2) is 0 Å². The Morgan fingerprint density at radius 1 is 1.50 bits per heavy atom. The SMILES string of the molecule is CC(C)N1C[C@H](C(=O)Nc2ccc(F)c([N+](=O)[O-])c2)CC1=O. The average molecular weight is 309 g/mol. The van der Waals surface area contributed by atoms with Crippen LogP contribution in [-0.4, -0.2) is 34.2 Å². The molecule has 118 valence electrons. The third-order valence-electron chi connectivity index (χ3n) is 3.56. The van der Waals surface area contributed by atoms with Crippen molar-refractivity contribution in [3.63, 3.8) is 0 Å². The lowest BCUT2D eigenvalue weighted by Crippen LogP contribution is -2.33. The van der Waals surface area contributed by atoms with Crippen molar-refractivity contribution in [2.75, 3.05) is 11.9 Å². The van der Waals surface area contributed by atoms with E-state index in [1.54, 1.807) is 4.90 Å². The first-order chi connectivity index (χ1) is 10.3. The molecular weight excluding hydrogens is 293 g/mol. The molecule has 1 aromatic rings. The molecule has 1 saturated heterocycles. The lowest BCUT2D eigenvalue weighted by atomic mass is 10.1. The second-order valence-corrected chi connectivity index (χ2v) is 5.45. The number of hydrogen-bond acceptors (Lipinski definition) is 4. The summed E-state index contributed by atoms with van der Waals surface area (Å²) < 4.78 is 13.2. The van der Waals surface area contributed by atoms with E-state index in [9.17, 15) is 24.1 Å². The fraction of sp³-hybridized carbons (Fsp3) is 0.429.